The fraction of sp³-hybridized carbons (Fsp3) is 0.357. The van der Waals surface area contributed by atoms with Crippen molar-refractivity contribution in [2.24, 2.45) is 0 Å². The summed E-state index contributed by atoms with van der Waals surface area (Å²) in [4.78, 5) is 4.43. The van der Waals surface area contributed by atoms with Crippen LogP contribution in [-0.2, 0) is 0 Å². The first-order chi connectivity index (χ1) is 8.24. The predicted octanol–water partition coefficient (Wildman–Crippen LogP) is 3.74. The van der Waals surface area contributed by atoms with Gasteiger partial charge in [-0.25, -0.2) is 9.37 Å². The lowest BCUT2D eigenvalue weighted by Crippen LogP contribution is -1.97. The molecule has 0 amide bonds. The monoisotopic (exact) mass is 231 g/mol. The summed E-state index contributed by atoms with van der Waals surface area (Å²) in [5.41, 5.74) is 1.37. The second kappa shape index (κ2) is 3.99. The molecule has 1 aromatic heterocycles. The minimum Gasteiger partial charge on any atom is -0.506 e. The van der Waals surface area contributed by atoms with Crippen LogP contribution in [0, 0.1) is 5.82 Å². The summed E-state index contributed by atoms with van der Waals surface area (Å²) >= 11 is 0. The van der Waals surface area contributed by atoms with Crippen molar-refractivity contribution in [1.29, 1.82) is 0 Å². The number of halogens is 1. The zero-order chi connectivity index (χ0) is 11.8. The Balaban J connectivity index is 2.14. The third-order valence-electron chi connectivity index (χ3n) is 3.53. The number of nitrogens with zero attached hydrogens (tertiary/aromatic N) is 1. The van der Waals surface area contributed by atoms with Gasteiger partial charge in [0.1, 0.15) is 11.6 Å². The molecule has 88 valence electrons. The number of hydrogen-bond donors (Lipinski definition) is 1. The van der Waals surface area contributed by atoms with E-state index in [9.17, 15) is 9.50 Å². The van der Waals surface area contributed by atoms with Gasteiger partial charge in [-0.15, -0.1) is 0 Å². The molecule has 0 bridgehead atoms. The van der Waals surface area contributed by atoms with Crippen LogP contribution in [0.25, 0.3) is 10.9 Å². The highest BCUT2D eigenvalue weighted by Crippen LogP contribution is 2.38. The average molecular weight is 231 g/mol. The summed E-state index contributed by atoms with van der Waals surface area (Å²) in [6.07, 6.45) is 4.52. The van der Waals surface area contributed by atoms with Crippen molar-refractivity contribution in [2.45, 2.75) is 31.6 Å². The Labute approximate surface area is 99.1 Å². The molecule has 3 rings (SSSR count). The van der Waals surface area contributed by atoms with Crippen LogP contribution in [-0.4, -0.2) is 10.1 Å². The molecule has 0 saturated heterocycles. The lowest BCUT2D eigenvalue weighted by molar-refractivity contribution is 0.457. The Morgan fingerprint density at radius 2 is 1.94 bits per heavy atom. The van der Waals surface area contributed by atoms with Gasteiger partial charge in [0.15, 0.2) is 0 Å². The maximum absolute atomic E-state index is 13.1. The van der Waals surface area contributed by atoms with E-state index in [1.54, 1.807) is 12.1 Å². The first-order valence-electron chi connectivity index (χ1n) is 6.03. The van der Waals surface area contributed by atoms with Crippen LogP contribution in [0.5, 0.6) is 5.75 Å². The highest BCUT2D eigenvalue weighted by Gasteiger charge is 2.21. The predicted molar refractivity (Wildman–Crippen MR) is 64.6 cm³/mol. The normalized spacial score (nSPS) is 16.8. The molecule has 2 aromatic rings. The fourth-order valence-electron chi connectivity index (χ4n) is 2.64. The first-order valence-corrected chi connectivity index (χ1v) is 6.03. The highest BCUT2D eigenvalue weighted by molar-refractivity contribution is 5.80. The highest BCUT2D eigenvalue weighted by atomic mass is 19.1. The van der Waals surface area contributed by atoms with E-state index in [0.717, 1.165) is 23.9 Å². The fourth-order valence-corrected chi connectivity index (χ4v) is 2.64. The van der Waals surface area contributed by atoms with E-state index in [2.05, 4.69) is 4.98 Å². The van der Waals surface area contributed by atoms with Crippen molar-refractivity contribution >= 4 is 10.9 Å². The van der Waals surface area contributed by atoms with Gasteiger partial charge < -0.3 is 5.11 Å². The van der Waals surface area contributed by atoms with Gasteiger partial charge >= 0.3 is 0 Å². The summed E-state index contributed by atoms with van der Waals surface area (Å²) < 4.78 is 13.1. The van der Waals surface area contributed by atoms with Crippen molar-refractivity contribution in [3.05, 3.63) is 35.8 Å². The molecule has 1 saturated carbocycles. The van der Waals surface area contributed by atoms with Crippen molar-refractivity contribution in [2.75, 3.05) is 0 Å². The number of pyridine rings is 1. The number of fused-ring (bicyclic) bond motifs is 1. The summed E-state index contributed by atoms with van der Waals surface area (Å²) in [7, 11) is 0. The minimum absolute atomic E-state index is 0.246. The Kier molecular flexibility index (Phi) is 2.46. The summed E-state index contributed by atoms with van der Waals surface area (Å²) in [6, 6.07) is 6.15. The molecule has 1 N–H and O–H groups in total. The average Bonchev–Trinajstić information content (AvgIpc) is 2.82. The number of rotatable bonds is 1. The Morgan fingerprint density at radius 1 is 1.18 bits per heavy atom. The van der Waals surface area contributed by atoms with Crippen LogP contribution >= 0.6 is 0 Å². The zero-order valence-electron chi connectivity index (χ0n) is 9.49. The van der Waals surface area contributed by atoms with Gasteiger partial charge in [-0.3, -0.25) is 0 Å². The van der Waals surface area contributed by atoms with E-state index >= 15 is 0 Å². The van der Waals surface area contributed by atoms with Crippen LogP contribution in [0.1, 0.15) is 37.3 Å². The molecule has 0 spiro atoms. The van der Waals surface area contributed by atoms with Gasteiger partial charge in [0.25, 0.3) is 0 Å². The number of aromatic nitrogens is 1. The van der Waals surface area contributed by atoms with E-state index in [4.69, 9.17) is 0 Å². The number of benzene rings is 1. The third kappa shape index (κ3) is 1.86. The molecule has 0 aliphatic heterocycles. The van der Waals surface area contributed by atoms with Gasteiger partial charge in [0, 0.05) is 17.4 Å². The van der Waals surface area contributed by atoms with E-state index < -0.39 is 0 Å². The van der Waals surface area contributed by atoms with E-state index in [1.165, 1.54) is 25.0 Å². The molecular formula is C14H14FNO. The molecule has 1 aliphatic rings. The Bertz CT molecular complexity index is 561. The van der Waals surface area contributed by atoms with Crippen molar-refractivity contribution in [1.82, 2.24) is 4.98 Å². The van der Waals surface area contributed by atoms with Gasteiger partial charge in [-0.2, -0.15) is 0 Å². The van der Waals surface area contributed by atoms with Gasteiger partial charge in [-0.1, -0.05) is 12.8 Å². The molecular weight excluding hydrogens is 217 g/mol. The lowest BCUT2D eigenvalue weighted by atomic mass is 10.0. The van der Waals surface area contributed by atoms with Crippen LogP contribution in [0.2, 0.25) is 0 Å². The molecule has 0 radical (unpaired) electrons. The van der Waals surface area contributed by atoms with Crippen molar-refractivity contribution in [3.63, 3.8) is 0 Å². The van der Waals surface area contributed by atoms with Gasteiger partial charge in [-0.05, 0) is 31.0 Å². The topological polar surface area (TPSA) is 33.1 Å². The van der Waals surface area contributed by atoms with E-state index in [0.29, 0.717) is 11.4 Å². The van der Waals surface area contributed by atoms with Crippen LogP contribution in [0.15, 0.2) is 24.3 Å². The molecule has 2 nitrogen and oxygen atoms in total. The first kappa shape index (κ1) is 10.5. The molecule has 0 unspecified atom stereocenters. The number of aromatic hydroxyl groups is 1. The minimum atomic E-state index is -0.284. The van der Waals surface area contributed by atoms with Crippen LogP contribution in [0.4, 0.5) is 4.39 Å². The summed E-state index contributed by atoms with van der Waals surface area (Å²) in [6.45, 7) is 0. The van der Waals surface area contributed by atoms with Crippen molar-refractivity contribution in [3.8, 4) is 5.75 Å². The summed E-state index contributed by atoms with van der Waals surface area (Å²) in [5.74, 6) is 0.298. The molecule has 0 atom stereocenters. The number of hydrogen-bond acceptors (Lipinski definition) is 2. The smallest absolute Gasteiger partial charge is 0.138 e. The lowest BCUT2D eigenvalue weighted by Gasteiger charge is -2.11. The summed E-state index contributed by atoms with van der Waals surface area (Å²) in [5, 5.41) is 10.8. The molecule has 1 aliphatic carbocycles. The SMILES string of the molecule is Oc1cc2ccc(F)cc2nc1C1CCCC1. The third-order valence-corrected chi connectivity index (χ3v) is 3.53. The molecule has 3 heteroatoms. The molecule has 1 heterocycles. The quantitative estimate of drug-likeness (QED) is 0.811. The Morgan fingerprint density at radius 3 is 2.71 bits per heavy atom. The van der Waals surface area contributed by atoms with Crippen LogP contribution in [0.3, 0.4) is 0 Å². The maximum Gasteiger partial charge on any atom is 0.138 e. The zero-order valence-corrected chi connectivity index (χ0v) is 9.49. The molecule has 17 heavy (non-hydrogen) atoms. The Hall–Kier alpha value is -1.64. The molecule has 1 aromatic carbocycles. The van der Waals surface area contributed by atoms with E-state index in [1.807, 2.05) is 0 Å². The standard InChI is InChI=1S/C14H14FNO/c15-11-6-5-10-7-13(17)14(16-12(10)8-11)9-3-1-2-4-9/h5-9,17H,1-4H2. The van der Waals surface area contributed by atoms with E-state index in [-0.39, 0.29) is 11.6 Å². The van der Waals surface area contributed by atoms with Crippen LogP contribution < -0.4 is 0 Å². The van der Waals surface area contributed by atoms with Gasteiger partial charge in [0.2, 0.25) is 0 Å². The second-order valence-electron chi connectivity index (χ2n) is 4.71. The second-order valence-corrected chi connectivity index (χ2v) is 4.71. The largest absolute Gasteiger partial charge is 0.506 e. The van der Waals surface area contributed by atoms with Crippen molar-refractivity contribution < 1.29 is 9.50 Å². The maximum atomic E-state index is 13.1. The molecule has 1 fully saturated rings. The van der Waals surface area contributed by atoms with Gasteiger partial charge in [0.05, 0.1) is 11.2 Å².